The van der Waals surface area contributed by atoms with Crippen molar-refractivity contribution in [2.24, 2.45) is 5.92 Å². The second-order valence-corrected chi connectivity index (χ2v) is 10.3. The van der Waals surface area contributed by atoms with Crippen LogP contribution in [0.25, 0.3) is 56.0 Å². The van der Waals surface area contributed by atoms with Gasteiger partial charge in [0.05, 0.1) is 34.1 Å². The maximum Gasteiger partial charge on any atom is 0.231 e. The van der Waals surface area contributed by atoms with E-state index < -0.39 is 6.23 Å². The van der Waals surface area contributed by atoms with Crippen molar-refractivity contribution in [3.63, 3.8) is 0 Å². The van der Waals surface area contributed by atoms with Crippen molar-refractivity contribution in [1.82, 2.24) is 30.1 Å². The predicted octanol–water partition coefficient (Wildman–Crippen LogP) is 5.74. The molecule has 40 heavy (non-hydrogen) atoms. The number of anilines is 1. The molecular weight excluding hydrogens is 506 g/mol. The van der Waals surface area contributed by atoms with E-state index >= 15 is 0 Å². The van der Waals surface area contributed by atoms with Crippen molar-refractivity contribution < 1.29 is 14.6 Å². The Morgan fingerprint density at radius 2 is 1.82 bits per heavy atom. The maximum atomic E-state index is 10.3. The zero-order valence-electron chi connectivity index (χ0n) is 22.0. The molecule has 6 aromatic rings. The van der Waals surface area contributed by atoms with E-state index in [2.05, 4.69) is 39.3 Å². The van der Waals surface area contributed by atoms with Gasteiger partial charge >= 0.3 is 0 Å². The Kier molecular flexibility index (Phi) is 5.82. The van der Waals surface area contributed by atoms with Gasteiger partial charge in [0.1, 0.15) is 11.7 Å². The van der Waals surface area contributed by atoms with Gasteiger partial charge in [-0.3, -0.25) is 10.1 Å². The number of aromatic nitrogens is 6. The number of imidazole rings is 1. The van der Waals surface area contributed by atoms with Gasteiger partial charge in [0.25, 0.3) is 0 Å². The molecule has 1 unspecified atom stereocenters. The summed E-state index contributed by atoms with van der Waals surface area (Å²) < 4.78 is 11.0. The third-order valence-electron chi connectivity index (χ3n) is 6.89. The van der Waals surface area contributed by atoms with Crippen LogP contribution in [0.4, 0.5) is 5.69 Å². The molecule has 0 fully saturated rings. The molecule has 0 spiro atoms. The van der Waals surface area contributed by atoms with Crippen LogP contribution in [0.2, 0.25) is 0 Å². The number of para-hydroxylation sites is 1. The van der Waals surface area contributed by atoms with Crippen molar-refractivity contribution in [3.05, 3.63) is 67.0 Å². The molecule has 1 atom stereocenters. The lowest BCUT2D eigenvalue weighted by Crippen LogP contribution is -2.20. The Bertz CT molecular complexity index is 1860. The van der Waals surface area contributed by atoms with Crippen LogP contribution < -0.4 is 14.8 Å². The number of nitrogens with one attached hydrogen (secondary N) is 3. The fourth-order valence-electron chi connectivity index (χ4n) is 5.02. The highest BCUT2D eigenvalue weighted by molar-refractivity contribution is 5.96. The Labute approximate surface area is 229 Å². The molecule has 2 aromatic carbocycles. The van der Waals surface area contributed by atoms with Gasteiger partial charge in [-0.2, -0.15) is 5.10 Å². The first-order valence-corrected chi connectivity index (χ1v) is 13.2. The summed E-state index contributed by atoms with van der Waals surface area (Å²) in [5.41, 5.74) is 8.08. The molecule has 10 nitrogen and oxygen atoms in total. The van der Waals surface area contributed by atoms with E-state index in [0.717, 1.165) is 56.1 Å². The minimum Gasteiger partial charge on any atom is -0.454 e. The summed E-state index contributed by atoms with van der Waals surface area (Å²) in [7, 11) is 0. The van der Waals surface area contributed by atoms with Crippen LogP contribution in [0, 0.1) is 5.92 Å². The fourth-order valence-corrected chi connectivity index (χ4v) is 5.02. The van der Waals surface area contributed by atoms with Crippen molar-refractivity contribution in [3.8, 4) is 45.4 Å². The lowest BCUT2D eigenvalue weighted by atomic mass is 10.0. The molecule has 0 amide bonds. The molecule has 4 aromatic heterocycles. The third-order valence-corrected chi connectivity index (χ3v) is 6.89. The van der Waals surface area contributed by atoms with E-state index in [1.165, 1.54) is 0 Å². The average Bonchev–Trinajstić information content (AvgIpc) is 3.69. The number of benzene rings is 2. The minimum atomic E-state index is -0.649. The van der Waals surface area contributed by atoms with E-state index in [-0.39, 0.29) is 6.79 Å². The van der Waals surface area contributed by atoms with Gasteiger partial charge in [0.15, 0.2) is 23.0 Å². The van der Waals surface area contributed by atoms with Crippen molar-refractivity contribution in [1.29, 1.82) is 0 Å². The minimum absolute atomic E-state index is 0.230. The summed E-state index contributed by atoms with van der Waals surface area (Å²) in [6, 6.07) is 17.7. The number of rotatable bonds is 7. The molecule has 0 radical (unpaired) electrons. The quantitative estimate of drug-likeness (QED) is 0.191. The summed E-state index contributed by atoms with van der Waals surface area (Å²) in [5, 5.41) is 21.1. The lowest BCUT2D eigenvalue weighted by Gasteiger charge is -2.16. The normalized spacial score (nSPS) is 13.4. The second kappa shape index (κ2) is 9.65. The van der Waals surface area contributed by atoms with Gasteiger partial charge in [0, 0.05) is 17.3 Å². The predicted molar refractivity (Wildman–Crippen MR) is 153 cm³/mol. The number of aliphatic hydroxyl groups excluding tert-OH is 1. The van der Waals surface area contributed by atoms with E-state index in [1.807, 2.05) is 54.6 Å². The fraction of sp³-hybridized carbons (Fsp3) is 0.200. The van der Waals surface area contributed by atoms with Crippen LogP contribution in [-0.4, -0.2) is 48.3 Å². The summed E-state index contributed by atoms with van der Waals surface area (Å²) in [4.78, 5) is 17.7. The van der Waals surface area contributed by atoms with Crippen molar-refractivity contribution in [2.75, 3.05) is 12.1 Å². The first-order chi connectivity index (χ1) is 19.5. The van der Waals surface area contributed by atoms with E-state index in [4.69, 9.17) is 19.4 Å². The van der Waals surface area contributed by atoms with Crippen LogP contribution in [0.1, 0.15) is 20.3 Å². The number of fused-ring (bicyclic) bond motifs is 3. The number of ether oxygens (including phenoxy) is 2. The number of hydrogen-bond acceptors (Lipinski definition) is 8. The van der Waals surface area contributed by atoms with Crippen molar-refractivity contribution >= 4 is 27.8 Å². The van der Waals surface area contributed by atoms with Crippen LogP contribution in [0.3, 0.4) is 0 Å². The molecule has 1 aliphatic heterocycles. The maximum absolute atomic E-state index is 10.3. The van der Waals surface area contributed by atoms with Gasteiger partial charge in [0.2, 0.25) is 6.79 Å². The number of nitrogens with zero attached hydrogens (tertiary/aromatic N) is 4. The summed E-state index contributed by atoms with van der Waals surface area (Å²) in [6.07, 6.45) is 3.44. The molecule has 10 heteroatoms. The molecule has 0 aliphatic carbocycles. The zero-order valence-corrected chi connectivity index (χ0v) is 22.0. The smallest absolute Gasteiger partial charge is 0.231 e. The van der Waals surface area contributed by atoms with Crippen LogP contribution in [0.15, 0.2) is 67.0 Å². The summed E-state index contributed by atoms with van der Waals surface area (Å²) in [6.45, 7) is 4.37. The molecule has 7 rings (SSSR count). The standard InChI is InChI=1S/C30H27N7O3/c1-16(2)10-26(38)32-19-11-18(13-31-14-19)21-7-8-23-28(33-21)29(37-36-23)30-34-22-5-3-4-20(27(22)35-30)17-6-9-24-25(12-17)40-15-39-24/h3-9,11-14,16,26,32,38H,10,15H2,1-2H3,(H,34,35)(H,36,37). The monoisotopic (exact) mass is 533 g/mol. The van der Waals surface area contributed by atoms with Gasteiger partial charge < -0.3 is 24.9 Å². The van der Waals surface area contributed by atoms with E-state index in [9.17, 15) is 5.11 Å². The van der Waals surface area contributed by atoms with E-state index in [1.54, 1.807) is 12.4 Å². The summed E-state index contributed by atoms with van der Waals surface area (Å²) >= 11 is 0. The van der Waals surface area contributed by atoms with Crippen LogP contribution in [0.5, 0.6) is 11.5 Å². The molecule has 5 heterocycles. The SMILES string of the molecule is CC(C)CC(O)Nc1cncc(-c2ccc3[nH]nc(-c4nc5c(-c6ccc7c(c6)OCO7)cccc5[nH]4)c3n2)c1. The summed E-state index contributed by atoms with van der Waals surface area (Å²) in [5.74, 6) is 2.45. The highest BCUT2D eigenvalue weighted by Gasteiger charge is 2.19. The second-order valence-electron chi connectivity index (χ2n) is 10.3. The molecule has 0 bridgehead atoms. The molecule has 200 valence electrons. The average molecular weight is 534 g/mol. The number of hydrogen-bond donors (Lipinski definition) is 4. The Hall–Kier alpha value is -4.96. The van der Waals surface area contributed by atoms with Crippen LogP contribution in [-0.2, 0) is 0 Å². The Balaban J connectivity index is 1.25. The first-order valence-electron chi connectivity index (χ1n) is 13.2. The molecule has 0 saturated heterocycles. The van der Waals surface area contributed by atoms with E-state index in [0.29, 0.717) is 29.4 Å². The molecule has 4 N–H and O–H groups in total. The largest absolute Gasteiger partial charge is 0.454 e. The van der Waals surface area contributed by atoms with Gasteiger partial charge in [-0.15, -0.1) is 0 Å². The zero-order chi connectivity index (χ0) is 27.2. The van der Waals surface area contributed by atoms with Gasteiger partial charge in [-0.05, 0) is 54.3 Å². The first kappa shape index (κ1) is 24.1. The number of pyridine rings is 2. The highest BCUT2D eigenvalue weighted by atomic mass is 16.7. The molecule has 0 saturated carbocycles. The highest BCUT2D eigenvalue weighted by Crippen LogP contribution is 2.38. The van der Waals surface area contributed by atoms with Crippen LogP contribution >= 0.6 is 0 Å². The number of aromatic amines is 2. The van der Waals surface area contributed by atoms with Crippen molar-refractivity contribution in [2.45, 2.75) is 26.5 Å². The Morgan fingerprint density at radius 1 is 0.925 bits per heavy atom. The lowest BCUT2D eigenvalue weighted by molar-refractivity contribution is 0.174. The van der Waals surface area contributed by atoms with Gasteiger partial charge in [-0.1, -0.05) is 32.0 Å². The molecular formula is C30H27N7O3. The number of aliphatic hydroxyl groups is 1. The van der Waals surface area contributed by atoms with Gasteiger partial charge in [-0.25, -0.2) is 9.97 Å². The third kappa shape index (κ3) is 4.38. The molecule has 1 aliphatic rings. The Morgan fingerprint density at radius 3 is 2.73 bits per heavy atom. The topological polar surface area (TPSA) is 134 Å². The number of H-pyrrole nitrogens is 2.